The summed E-state index contributed by atoms with van der Waals surface area (Å²) in [5.74, 6) is -0.875. The van der Waals surface area contributed by atoms with Crippen LogP contribution in [0, 0.1) is 12.3 Å². The SMILES string of the molecule is Cc1ncsc1-c1ccc(CNC(=O)[C@@H]2C[C@@H](O)CN2C(=O)[C@@H](NC(=O)COc2cnc(N3CCN(CC(=O)OCc4ccccc4)CC3)nc2)C(C)(C)C)cc1. The van der Waals surface area contributed by atoms with Crippen molar-refractivity contribution in [1.29, 1.82) is 0 Å². The molecule has 3 N–H and O–H groups in total. The molecule has 2 aliphatic heterocycles. The minimum atomic E-state index is -1.00. The molecule has 2 aromatic carbocycles. The second kappa shape index (κ2) is 18.7. The van der Waals surface area contributed by atoms with Gasteiger partial charge in [0, 0.05) is 45.7 Å². The van der Waals surface area contributed by atoms with Crippen LogP contribution in [0.3, 0.4) is 0 Å². The van der Waals surface area contributed by atoms with Gasteiger partial charge in [0.05, 0.1) is 41.1 Å². The van der Waals surface area contributed by atoms with Gasteiger partial charge in [0.25, 0.3) is 5.91 Å². The molecule has 15 nitrogen and oxygen atoms in total. The Morgan fingerprint density at radius 1 is 0.947 bits per heavy atom. The molecular formula is C41H50N8O7S. The van der Waals surface area contributed by atoms with Crippen LogP contribution in [0.2, 0.25) is 0 Å². The second-order valence-electron chi connectivity index (χ2n) is 15.4. The Balaban J connectivity index is 0.957. The van der Waals surface area contributed by atoms with Crippen LogP contribution in [0.1, 0.15) is 44.0 Å². The monoisotopic (exact) mass is 798 g/mol. The number of nitrogens with zero attached hydrogens (tertiary/aromatic N) is 6. The maximum atomic E-state index is 14.0. The van der Waals surface area contributed by atoms with Gasteiger partial charge in [-0.1, -0.05) is 75.4 Å². The Morgan fingerprint density at radius 2 is 1.65 bits per heavy atom. The third-order valence-electron chi connectivity index (χ3n) is 9.95. The third-order valence-corrected chi connectivity index (χ3v) is 10.9. The molecule has 0 saturated carbocycles. The van der Waals surface area contributed by atoms with Crippen LogP contribution in [0.4, 0.5) is 5.95 Å². The van der Waals surface area contributed by atoms with E-state index in [9.17, 15) is 24.3 Å². The maximum absolute atomic E-state index is 14.0. The number of aromatic nitrogens is 3. The number of hydrogen-bond acceptors (Lipinski definition) is 13. The predicted molar refractivity (Wildman–Crippen MR) is 214 cm³/mol. The number of thiazole rings is 1. The first kappa shape index (κ1) is 41.2. The number of piperazine rings is 1. The molecule has 302 valence electrons. The number of carbonyl (C=O) groups excluding carboxylic acids is 4. The number of β-amino-alcohol motifs (C(OH)–C–C–N with tert-alkyl or cyclic N) is 1. The van der Waals surface area contributed by atoms with Crippen molar-refractivity contribution in [2.24, 2.45) is 5.41 Å². The van der Waals surface area contributed by atoms with Crippen LogP contribution in [0.5, 0.6) is 5.75 Å². The number of carbonyl (C=O) groups is 4. The zero-order valence-corrected chi connectivity index (χ0v) is 33.5. The summed E-state index contributed by atoms with van der Waals surface area (Å²) in [5.41, 5.74) is 4.92. The van der Waals surface area contributed by atoms with E-state index in [1.165, 1.54) is 17.3 Å². The number of esters is 1. The van der Waals surface area contributed by atoms with Gasteiger partial charge >= 0.3 is 5.97 Å². The lowest BCUT2D eigenvalue weighted by molar-refractivity contribution is -0.146. The number of likely N-dealkylation sites (tertiary alicyclic amines) is 1. The van der Waals surface area contributed by atoms with Gasteiger partial charge < -0.3 is 35.0 Å². The van der Waals surface area contributed by atoms with Crippen molar-refractivity contribution in [2.75, 3.05) is 50.8 Å². The number of aliphatic hydroxyl groups is 1. The zero-order chi connectivity index (χ0) is 40.5. The van der Waals surface area contributed by atoms with Crippen molar-refractivity contribution >= 4 is 41.0 Å². The van der Waals surface area contributed by atoms with Crippen molar-refractivity contribution < 1.29 is 33.8 Å². The standard InChI is InChI=1S/C41H50N8O7S/c1-27-36(57-26-45-27)30-12-10-28(11-13-30)19-42-38(53)33-18-31(50)22-49(33)39(54)37(41(2,3)4)46-34(51)25-55-32-20-43-40(44-21-32)48-16-14-47(15-17-48)23-35(52)56-24-29-8-6-5-7-9-29/h5-13,20-21,26,31,33,37,50H,14-19,22-25H2,1-4H3,(H,42,53)(H,46,51)/t31-,33+,37-/m1/s1. The lowest BCUT2D eigenvalue weighted by Gasteiger charge is -2.35. The van der Waals surface area contributed by atoms with E-state index in [-0.39, 0.29) is 50.3 Å². The normalized spacial score (nSPS) is 17.8. The van der Waals surface area contributed by atoms with Gasteiger partial charge in [0.1, 0.15) is 18.7 Å². The topological polar surface area (TPSA) is 179 Å². The first-order chi connectivity index (χ1) is 27.3. The van der Waals surface area contributed by atoms with Crippen LogP contribution in [-0.2, 0) is 37.1 Å². The van der Waals surface area contributed by atoms with Crippen molar-refractivity contribution in [2.45, 2.75) is 65.5 Å². The van der Waals surface area contributed by atoms with Gasteiger partial charge in [0.15, 0.2) is 12.4 Å². The Hall–Kier alpha value is -5.45. The highest BCUT2D eigenvalue weighted by atomic mass is 32.1. The molecule has 0 bridgehead atoms. The minimum Gasteiger partial charge on any atom is -0.481 e. The van der Waals surface area contributed by atoms with Gasteiger partial charge in [-0.25, -0.2) is 15.0 Å². The van der Waals surface area contributed by atoms with Crippen molar-refractivity contribution in [3.63, 3.8) is 0 Å². The number of amides is 3. The molecule has 0 aliphatic carbocycles. The van der Waals surface area contributed by atoms with Crippen LogP contribution in [0.15, 0.2) is 72.5 Å². The lowest BCUT2D eigenvalue weighted by Crippen LogP contribution is -2.58. The van der Waals surface area contributed by atoms with Crippen LogP contribution in [-0.4, -0.2) is 118 Å². The number of hydrogen-bond donors (Lipinski definition) is 3. The van der Waals surface area contributed by atoms with Gasteiger partial charge in [-0.15, -0.1) is 11.3 Å². The van der Waals surface area contributed by atoms with E-state index in [1.54, 1.807) is 11.3 Å². The summed E-state index contributed by atoms with van der Waals surface area (Å²) in [6.45, 7) is 10.2. The van der Waals surface area contributed by atoms with Crippen LogP contribution < -0.4 is 20.3 Å². The van der Waals surface area contributed by atoms with Crippen molar-refractivity contribution in [3.8, 4) is 16.2 Å². The largest absolute Gasteiger partial charge is 0.481 e. The number of aliphatic hydroxyl groups excluding tert-OH is 1. The molecule has 2 aromatic heterocycles. The fraction of sp³-hybridized carbons (Fsp3) is 0.439. The molecule has 0 radical (unpaired) electrons. The van der Waals surface area contributed by atoms with Gasteiger partial charge in [-0.05, 0) is 29.0 Å². The fourth-order valence-electron chi connectivity index (χ4n) is 6.75. The number of nitrogens with one attached hydrogen (secondary N) is 2. The van der Waals surface area contributed by atoms with E-state index >= 15 is 0 Å². The average molecular weight is 799 g/mol. The molecule has 0 unspecified atom stereocenters. The molecule has 4 heterocycles. The highest BCUT2D eigenvalue weighted by Crippen LogP contribution is 2.28. The summed E-state index contributed by atoms with van der Waals surface area (Å²) in [7, 11) is 0. The van der Waals surface area contributed by atoms with E-state index in [4.69, 9.17) is 9.47 Å². The molecule has 2 fully saturated rings. The Labute approximate surface area is 336 Å². The third kappa shape index (κ3) is 11.1. The quantitative estimate of drug-likeness (QED) is 0.159. The summed E-state index contributed by atoms with van der Waals surface area (Å²) in [6.07, 6.45) is 2.18. The molecule has 2 saturated heterocycles. The first-order valence-electron chi connectivity index (χ1n) is 19.0. The Morgan fingerprint density at radius 3 is 2.30 bits per heavy atom. The molecule has 3 amide bonds. The lowest BCUT2D eigenvalue weighted by atomic mass is 9.85. The van der Waals surface area contributed by atoms with E-state index in [2.05, 4.69) is 25.6 Å². The average Bonchev–Trinajstić information content (AvgIpc) is 3.83. The smallest absolute Gasteiger partial charge is 0.320 e. The summed E-state index contributed by atoms with van der Waals surface area (Å²) in [4.78, 5) is 72.5. The van der Waals surface area contributed by atoms with Gasteiger partial charge in [0.2, 0.25) is 17.8 Å². The minimum absolute atomic E-state index is 0.0290. The van der Waals surface area contributed by atoms with Crippen LogP contribution >= 0.6 is 11.3 Å². The molecule has 2 aliphatic rings. The van der Waals surface area contributed by atoms with Gasteiger partial charge in [-0.2, -0.15) is 0 Å². The van der Waals surface area contributed by atoms with Gasteiger partial charge in [-0.3, -0.25) is 24.1 Å². The number of ether oxygens (including phenoxy) is 2. The summed E-state index contributed by atoms with van der Waals surface area (Å²) in [6, 6.07) is 15.5. The van der Waals surface area contributed by atoms with Crippen LogP contribution in [0.25, 0.3) is 10.4 Å². The van der Waals surface area contributed by atoms with E-state index in [0.717, 1.165) is 27.3 Å². The number of aryl methyl sites for hydroxylation is 1. The maximum Gasteiger partial charge on any atom is 0.320 e. The Kier molecular flexibility index (Phi) is 13.5. The molecule has 4 aromatic rings. The van der Waals surface area contributed by atoms with E-state index in [0.29, 0.717) is 32.1 Å². The highest BCUT2D eigenvalue weighted by Gasteiger charge is 2.44. The molecular weight excluding hydrogens is 749 g/mol. The van der Waals surface area contributed by atoms with Crippen molar-refractivity contribution in [3.05, 3.63) is 89.3 Å². The first-order valence-corrected chi connectivity index (χ1v) is 19.9. The number of rotatable bonds is 14. The molecule has 6 rings (SSSR count). The summed E-state index contributed by atoms with van der Waals surface area (Å²) in [5, 5.41) is 16.3. The second-order valence-corrected chi connectivity index (χ2v) is 16.2. The molecule has 16 heteroatoms. The number of benzene rings is 2. The zero-order valence-electron chi connectivity index (χ0n) is 32.7. The highest BCUT2D eigenvalue weighted by molar-refractivity contribution is 7.13. The predicted octanol–water partition coefficient (Wildman–Crippen LogP) is 2.96. The molecule has 57 heavy (non-hydrogen) atoms. The summed E-state index contributed by atoms with van der Waals surface area (Å²) >= 11 is 1.57. The summed E-state index contributed by atoms with van der Waals surface area (Å²) < 4.78 is 11.1. The fourth-order valence-corrected chi connectivity index (χ4v) is 7.56. The van der Waals surface area contributed by atoms with Crippen molar-refractivity contribution in [1.82, 2.24) is 35.4 Å². The van der Waals surface area contributed by atoms with E-state index in [1.807, 2.05) is 97.6 Å². The van der Waals surface area contributed by atoms with E-state index < -0.39 is 42.0 Å². The number of anilines is 1. The Bertz CT molecular complexity index is 1980. The molecule has 0 spiro atoms. The molecule has 3 atom stereocenters.